The van der Waals surface area contributed by atoms with Crippen molar-refractivity contribution in [2.75, 3.05) is 17.2 Å². The molecule has 0 aromatic heterocycles. The molecule has 2 N–H and O–H groups in total. The van der Waals surface area contributed by atoms with Crippen LogP contribution in [0.1, 0.15) is 11.1 Å². The molecule has 0 heterocycles. The van der Waals surface area contributed by atoms with E-state index in [1.165, 1.54) is 12.1 Å². The first-order chi connectivity index (χ1) is 9.97. The van der Waals surface area contributed by atoms with Gasteiger partial charge in [0, 0.05) is 10.2 Å². The molecule has 3 nitrogen and oxygen atoms in total. The predicted molar refractivity (Wildman–Crippen MR) is 87.1 cm³/mol. The molecule has 2 rings (SSSR count). The van der Waals surface area contributed by atoms with Crippen molar-refractivity contribution in [3.8, 4) is 0 Å². The smallest absolute Gasteiger partial charge is 0.243 e. The third-order valence-electron chi connectivity index (χ3n) is 3.04. The Morgan fingerprint density at radius 2 is 1.81 bits per heavy atom. The zero-order valence-corrected chi connectivity index (χ0v) is 13.4. The van der Waals surface area contributed by atoms with Gasteiger partial charge in [-0.05, 0) is 49.2 Å². The van der Waals surface area contributed by atoms with Crippen LogP contribution in [0.15, 0.2) is 40.9 Å². The largest absolute Gasteiger partial charge is 0.376 e. The van der Waals surface area contributed by atoms with E-state index < -0.39 is 5.82 Å². The van der Waals surface area contributed by atoms with E-state index in [-0.39, 0.29) is 18.1 Å². The molecule has 5 heteroatoms. The highest BCUT2D eigenvalue weighted by atomic mass is 79.9. The van der Waals surface area contributed by atoms with Crippen molar-refractivity contribution in [3.63, 3.8) is 0 Å². The molecule has 0 bridgehead atoms. The van der Waals surface area contributed by atoms with Gasteiger partial charge in [-0.3, -0.25) is 4.79 Å². The van der Waals surface area contributed by atoms with E-state index in [9.17, 15) is 9.18 Å². The van der Waals surface area contributed by atoms with Crippen LogP contribution in [0.5, 0.6) is 0 Å². The van der Waals surface area contributed by atoms with Crippen LogP contribution in [0.3, 0.4) is 0 Å². The van der Waals surface area contributed by atoms with Crippen molar-refractivity contribution >= 4 is 33.2 Å². The van der Waals surface area contributed by atoms with Gasteiger partial charge in [0.2, 0.25) is 5.91 Å². The Morgan fingerprint density at radius 3 is 2.43 bits per heavy atom. The molecule has 0 aliphatic carbocycles. The summed E-state index contributed by atoms with van der Waals surface area (Å²) >= 11 is 3.50. The quantitative estimate of drug-likeness (QED) is 0.864. The minimum Gasteiger partial charge on any atom is -0.376 e. The Balaban J connectivity index is 1.97. The van der Waals surface area contributed by atoms with E-state index in [0.717, 1.165) is 21.3 Å². The third-order valence-corrected chi connectivity index (χ3v) is 4.29. The second-order valence-corrected chi connectivity index (χ2v) is 5.60. The highest BCUT2D eigenvalue weighted by Gasteiger charge is 2.07. The van der Waals surface area contributed by atoms with Crippen LogP contribution < -0.4 is 10.6 Å². The fourth-order valence-electron chi connectivity index (χ4n) is 1.99. The van der Waals surface area contributed by atoms with Gasteiger partial charge < -0.3 is 10.6 Å². The van der Waals surface area contributed by atoms with Crippen LogP contribution in [0, 0.1) is 19.7 Å². The molecule has 0 unspecified atom stereocenters. The summed E-state index contributed by atoms with van der Waals surface area (Å²) in [5, 5.41) is 5.57. The summed E-state index contributed by atoms with van der Waals surface area (Å²) in [7, 11) is 0. The number of benzene rings is 2. The van der Waals surface area contributed by atoms with Gasteiger partial charge in [-0.15, -0.1) is 0 Å². The van der Waals surface area contributed by atoms with Crippen molar-refractivity contribution in [2.45, 2.75) is 13.8 Å². The van der Waals surface area contributed by atoms with Gasteiger partial charge >= 0.3 is 0 Å². The summed E-state index contributed by atoms with van der Waals surface area (Å²) in [6.45, 7) is 4.05. The molecule has 2 aromatic rings. The van der Waals surface area contributed by atoms with Crippen molar-refractivity contribution in [2.24, 2.45) is 0 Å². The van der Waals surface area contributed by atoms with Crippen LogP contribution in [-0.2, 0) is 4.79 Å². The minimum absolute atomic E-state index is 0.0782. The lowest BCUT2D eigenvalue weighted by atomic mass is 10.1. The second-order valence-electron chi connectivity index (χ2n) is 4.81. The number of halogens is 2. The molecule has 0 saturated heterocycles. The van der Waals surface area contributed by atoms with Crippen LogP contribution in [0.4, 0.5) is 15.8 Å². The zero-order valence-electron chi connectivity index (χ0n) is 11.8. The van der Waals surface area contributed by atoms with Crippen LogP contribution >= 0.6 is 15.9 Å². The molecule has 2 aromatic carbocycles. The number of carbonyl (C=O) groups is 1. The van der Waals surface area contributed by atoms with E-state index in [1.807, 2.05) is 26.0 Å². The monoisotopic (exact) mass is 350 g/mol. The average molecular weight is 351 g/mol. The Bertz CT molecular complexity index is 650. The maximum atomic E-state index is 13.4. The molecule has 110 valence electrons. The van der Waals surface area contributed by atoms with Crippen molar-refractivity contribution < 1.29 is 9.18 Å². The summed E-state index contributed by atoms with van der Waals surface area (Å²) < 4.78 is 14.5. The first-order valence-electron chi connectivity index (χ1n) is 6.52. The van der Waals surface area contributed by atoms with Crippen LogP contribution in [0.2, 0.25) is 0 Å². The summed E-state index contributed by atoms with van der Waals surface area (Å²) in [6, 6.07) is 10.00. The average Bonchev–Trinajstić information content (AvgIpc) is 2.45. The lowest BCUT2D eigenvalue weighted by Gasteiger charge is -2.11. The van der Waals surface area contributed by atoms with Gasteiger partial charge in [0.1, 0.15) is 5.82 Å². The number of aryl methyl sites for hydroxylation is 2. The Labute approximate surface area is 131 Å². The molecule has 0 saturated carbocycles. The molecule has 1 amide bonds. The Kier molecular flexibility index (Phi) is 4.96. The highest BCUT2D eigenvalue weighted by Crippen LogP contribution is 2.24. The number of hydrogen-bond donors (Lipinski definition) is 2. The van der Waals surface area contributed by atoms with E-state index in [0.29, 0.717) is 0 Å². The SMILES string of the molecule is Cc1cc(NCC(=O)Nc2ccccc2F)cc(C)c1Br. The lowest BCUT2D eigenvalue weighted by molar-refractivity contribution is -0.114. The van der Waals surface area contributed by atoms with Gasteiger partial charge in [0.05, 0.1) is 12.2 Å². The van der Waals surface area contributed by atoms with Gasteiger partial charge in [0.15, 0.2) is 0 Å². The summed E-state index contributed by atoms with van der Waals surface area (Å²) in [5.74, 6) is -0.737. The van der Waals surface area contributed by atoms with E-state index in [4.69, 9.17) is 0 Å². The topological polar surface area (TPSA) is 41.1 Å². The highest BCUT2D eigenvalue weighted by molar-refractivity contribution is 9.10. The first kappa shape index (κ1) is 15.5. The maximum absolute atomic E-state index is 13.4. The summed E-state index contributed by atoms with van der Waals surface area (Å²) in [5.41, 5.74) is 3.23. The fourth-order valence-corrected chi connectivity index (χ4v) is 2.22. The van der Waals surface area contributed by atoms with Gasteiger partial charge in [0.25, 0.3) is 0 Å². The summed E-state index contributed by atoms with van der Waals surface area (Å²) in [6.07, 6.45) is 0. The van der Waals surface area contributed by atoms with Crippen molar-refractivity contribution in [1.29, 1.82) is 0 Å². The van der Waals surface area contributed by atoms with E-state index in [2.05, 4.69) is 26.6 Å². The standard InChI is InChI=1S/C16H16BrFN2O/c1-10-7-12(8-11(2)16(10)17)19-9-15(21)20-14-6-4-3-5-13(14)18/h3-8,19H,9H2,1-2H3,(H,20,21). The molecule has 0 spiro atoms. The first-order valence-corrected chi connectivity index (χ1v) is 7.31. The number of carbonyl (C=O) groups excluding carboxylic acids is 1. The summed E-state index contributed by atoms with van der Waals surface area (Å²) in [4.78, 5) is 11.8. The molecule has 0 atom stereocenters. The maximum Gasteiger partial charge on any atom is 0.243 e. The zero-order chi connectivity index (χ0) is 15.4. The lowest BCUT2D eigenvalue weighted by Crippen LogP contribution is -2.22. The van der Waals surface area contributed by atoms with E-state index in [1.54, 1.807) is 12.1 Å². The fraction of sp³-hybridized carbons (Fsp3) is 0.188. The number of hydrogen-bond acceptors (Lipinski definition) is 2. The van der Waals surface area contributed by atoms with Gasteiger partial charge in [-0.1, -0.05) is 28.1 Å². The van der Waals surface area contributed by atoms with Crippen LogP contribution in [0.25, 0.3) is 0 Å². The molecule has 0 aliphatic rings. The Hall–Kier alpha value is -1.88. The molecular formula is C16H16BrFN2O. The molecule has 0 radical (unpaired) electrons. The minimum atomic E-state index is -0.443. The van der Waals surface area contributed by atoms with Crippen molar-refractivity contribution in [3.05, 3.63) is 57.8 Å². The van der Waals surface area contributed by atoms with Crippen molar-refractivity contribution in [1.82, 2.24) is 0 Å². The molecule has 0 aliphatic heterocycles. The van der Waals surface area contributed by atoms with Crippen LogP contribution in [-0.4, -0.2) is 12.5 Å². The normalized spacial score (nSPS) is 10.3. The number of nitrogens with one attached hydrogen (secondary N) is 2. The van der Waals surface area contributed by atoms with E-state index >= 15 is 0 Å². The van der Waals surface area contributed by atoms with Gasteiger partial charge in [-0.25, -0.2) is 4.39 Å². The number of anilines is 2. The third kappa shape index (κ3) is 4.04. The molecule has 21 heavy (non-hydrogen) atoms. The number of rotatable bonds is 4. The molecule has 0 fully saturated rings. The number of para-hydroxylation sites is 1. The molecular weight excluding hydrogens is 335 g/mol. The van der Waals surface area contributed by atoms with Gasteiger partial charge in [-0.2, -0.15) is 0 Å². The second kappa shape index (κ2) is 6.72. The Morgan fingerprint density at radius 1 is 1.19 bits per heavy atom. The number of amides is 1. The predicted octanol–water partition coefficient (Wildman–Crippen LogP) is 4.26.